The number of rotatable bonds is 7. The zero-order chi connectivity index (χ0) is 18.3. The summed E-state index contributed by atoms with van der Waals surface area (Å²) in [5.74, 6) is -21.4. The third kappa shape index (κ3) is 3.20. The van der Waals surface area contributed by atoms with Gasteiger partial charge in [0.05, 0.1) is 0 Å². The molecule has 0 fully saturated rings. The van der Waals surface area contributed by atoms with Crippen LogP contribution in [0, 0.1) is 0 Å². The fraction of sp³-hybridized carbons (Fsp3) is 1.00. The molecule has 0 saturated heterocycles. The first-order valence-electron chi connectivity index (χ1n) is 4.93. The molecule has 0 heterocycles. The lowest BCUT2D eigenvalue weighted by Crippen LogP contribution is -2.68. The Labute approximate surface area is 113 Å². The summed E-state index contributed by atoms with van der Waals surface area (Å²) in [7, 11) is 0. The van der Waals surface area contributed by atoms with Crippen molar-refractivity contribution in [1.82, 2.24) is 0 Å². The standard InChI is InChI=1S/C8H6F13N/c9-1(2(10)4(12)13)3(11)5(14,15)6(16,17)7(18,19)8(20,21)22/h1-4H,22H2. The molecule has 2 N–H and O–H groups in total. The number of hydrogen-bond acceptors (Lipinski definition) is 1. The van der Waals surface area contributed by atoms with E-state index in [1.54, 1.807) is 0 Å². The molecule has 22 heavy (non-hydrogen) atoms. The lowest BCUT2D eigenvalue weighted by Gasteiger charge is -2.37. The smallest absolute Gasteiger partial charge is 0.267 e. The van der Waals surface area contributed by atoms with Gasteiger partial charge in [-0.1, -0.05) is 0 Å². The number of hydrogen-bond donors (Lipinski definition) is 1. The third-order valence-electron chi connectivity index (χ3n) is 2.40. The number of nitrogens with two attached hydrogens (primary N) is 1. The first-order valence-corrected chi connectivity index (χ1v) is 4.93. The highest BCUT2D eigenvalue weighted by atomic mass is 19.4. The minimum atomic E-state index is -7.32. The molecule has 0 amide bonds. The van der Waals surface area contributed by atoms with Crippen LogP contribution in [-0.4, -0.2) is 48.8 Å². The maximum absolute atomic E-state index is 12.8. The highest BCUT2D eigenvalue weighted by Gasteiger charge is 2.82. The molecule has 3 unspecified atom stereocenters. The summed E-state index contributed by atoms with van der Waals surface area (Å²) in [6.45, 7) is 0. The van der Waals surface area contributed by atoms with E-state index in [0.717, 1.165) is 0 Å². The summed E-state index contributed by atoms with van der Waals surface area (Å²) >= 11 is 0. The average molecular weight is 363 g/mol. The monoisotopic (exact) mass is 363 g/mol. The van der Waals surface area contributed by atoms with Crippen LogP contribution in [0.2, 0.25) is 0 Å². The zero-order valence-electron chi connectivity index (χ0n) is 9.80. The summed E-state index contributed by atoms with van der Waals surface area (Å²) < 4.78 is 162. The largest absolute Gasteiger partial charge is 0.392 e. The fourth-order valence-corrected chi connectivity index (χ4v) is 1.09. The molecule has 0 radical (unpaired) electrons. The molecule has 0 aromatic heterocycles. The van der Waals surface area contributed by atoms with Crippen molar-refractivity contribution in [3.8, 4) is 0 Å². The Kier molecular flexibility index (Phi) is 5.67. The summed E-state index contributed by atoms with van der Waals surface area (Å²) in [5, 5.41) is 0. The molecule has 0 spiro atoms. The van der Waals surface area contributed by atoms with E-state index in [1.165, 1.54) is 0 Å². The Balaban J connectivity index is 5.71. The van der Waals surface area contributed by atoms with E-state index in [-0.39, 0.29) is 0 Å². The van der Waals surface area contributed by atoms with Crippen LogP contribution in [0.1, 0.15) is 0 Å². The molecule has 0 bridgehead atoms. The van der Waals surface area contributed by atoms with Crippen LogP contribution >= 0.6 is 0 Å². The molecule has 1 nitrogen and oxygen atoms in total. The van der Waals surface area contributed by atoms with E-state index in [4.69, 9.17) is 0 Å². The molecule has 3 atom stereocenters. The molecule has 134 valence electrons. The van der Waals surface area contributed by atoms with Gasteiger partial charge in [-0.3, -0.25) is 5.73 Å². The number of alkyl halides is 13. The van der Waals surface area contributed by atoms with E-state index in [1.807, 2.05) is 0 Å². The van der Waals surface area contributed by atoms with Crippen LogP contribution in [0.4, 0.5) is 57.1 Å². The highest BCUT2D eigenvalue weighted by Crippen LogP contribution is 2.53. The van der Waals surface area contributed by atoms with Gasteiger partial charge in [0.2, 0.25) is 6.17 Å². The SMILES string of the molecule is NC(F)(F)C(F)(F)C(F)(F)C(F)(F)C(F)C(F)C(F)C(F)F. The van der Waals surface area contributed by atoms with Gasteiger partial charge in [0.25, 0.3) is 6.43 Å². The maximum atomic E-state index is 12.8. The van der Waals surface area contributed by atoms with Gasteiger partial charge in [-0.05, 0) is 0 Å². The van der Waals surface area contributed by atoms with Crippen LogP contribution in [0.15, 0.2) is 0 Å². The van der Waals surface area contributed by atoms with Gasteiger partial charge in [0.1, 0.15) is 0 Å². The van der Waals surface area contributed by atoms with Crippen LogP contribution in [0.5, 0.6) is 0 Å². The van der Waals surface area contributed by atoms with Crippen LogP contribution < -0.4 is 5.73 Å². The minimum Gasteiger partial charge on any atom is -0.267 e. The van der Waals surface area contributed by atoms with E-state index in [0.29, 0.717) is 0 Å². The summed E-state index contributed by atoms with van der Waals surface area (Å²) in [6.07, 6.45) is -18.8. The first-order chi connectivity index (χ1) is 9.43. The Hall–Kier alpha value is -0.950. The van der Waals surface area contributed by atoms with Gasteiger partial charge in [-0.2, -0.15) is 35.1 Å². The Morgan fingerprint density at radius 1 is 0.591 bits per heavy atom. The van der Waals surface area contributed by atoms with Gasteiger partial charge in [0.15, 0.2) is 12.3 Å². The predicted molar refractivity (Wildman–Crippen MR) is 44.7 cm³/mol. The maximum Gasteiger partial charge on any atom is 0.392 e. The molecule has 0 aliphatic carbocycles. The van der Waals surface area contributed by atoms with Crippen LogP contribution in [0.25, 0.3) is 0 Å². The van der Waals surface area contributed by atoms with Crippen molar-refractivity contribution >= 4 is 0 Å². The van der Waals surface area contributed by atoms with Crippen molar-refractivity contribution < 1.29 is 57.1 Å². The second-order valence-corrected chi connectivity index (χ2v) is 4.02. The predicted octanol–water partition coefficient (Wildman–Crippen LogP) is 3.72. The van der Waals surface area contributed by atoms with Crippen molar-refractivity contribution in [2.45, 2.75) is 48.8 Å². The molecule has 0 aromatic rings. The van der Waals surface area contributed by atoms with Gasteiger partial charge < -0.3 is 0 Å². The molecule has 0 aliphatic rings. The molecular formula is C8H6F13N. The van der Waals surface area contributed by atoms with Crippen molar-refractivity contribution in [2.75, 3.05) is 0 Å². The molecule has 14 heteroatoms. The van der Waals surface area contributed by atoms with Gasteiger partial charge in [-0.15, -0.1) is 0 Å². The van der Waals surface area contributed by atoms with Crippen molar-refractivity contribution in [3.05, 3.63) is 0 Å². The van der Waals surface area contributed by atoms with Crippen molar-refractivity contribution in [3.63, 3.8) is 0 Å². The van der Waals surface area contributed by atoms with E-state index >= 15 is 0 Å². The molecule has 0 rings (SSSR count). The van der Waals surface area contributed by atoms with Crippen LogP contribution in [0.3, 0.4) is 0 Å². The summed E-state index contributed by atoms with van der Waals surface area (Å²) in [5.41, 5.74) is 3.27. The van der Waals surface area contributed by atoms with Crippen LogP contribution in [-0.2, 0) is 0 Å². The Bertz CT molecular complexity index is 375. The number of halogens is 13. The normalized spacial score (nSPS) is 19.2. The minimum absolute atomic E-state index is 3.27. The fourth-order valence-electron chi connectivity index (χ4n) is 1.09. The quantitative estimate of drug-likeness (QED) is 0.542. The highest BCUT2D eigenvalue weighted by molar-refractivity contribution is 5.06. The van der Waals surface area contributed by atoms with E-state index < -0.39 is 48.8 Å². The first kappa shape index (κ1) is 21.0. The molecular weight excluding hydrogens is 357 g/mol. The molecule has 0 saturated carbocycles. The Morgan fingerprint density at radius 2 is 0.955 bits per heavy atom. The second-order valence-electron chi connectivity index (χ2n) is 4.02. The summed E-state index contributed by atoms with van der Waals surface area (Å²) in [4.78, 5) is 0. The van der Waals surface area contributed by atoms with Gasteiger partial charge in [0, 0.05) is 0 Å². The average Bonchev–Trinajstić information content (AvgIpc) is 2.33. The van der Waals surface area contributed by atoms with Gasteiger partial charge in [-0.25, -0.2) is 22.0 Å². The lowest BCUT2D eigenvalue weighted by atomic mass is 9.95. The van der Waals surface area contributed by atoms with E-state index in [2.05, 4.69) is 5.73 Å². The lowest BCUT2D eigenvalue weighted by molar-refractivity contribution is -0.377. The van der Waals surface area contributed by atoms with Crippen molar-refractivity contribution in [1.29, 1.82) is 0 Å². The zero-order valence-corrected chi connectivity index (χ0v) is 9.80. The van der Waals surface area contributed by atoms with Gasteiger partial charge >= 0.3 is 23.8 Å². The third-order valence-corrected chi connectivity index (χ3v) is 2.40. The topological polar surface area (TPSA) is 26.0 Å². The molecule has 0 aromatic carbocycles. The van der Waals surface area contributed by atoms with Crippen molar-refractivity contribution in [2.24, 2.45) is 5.73 Å². The Morgan fingerprint density at radius 3 is 1.23 bits per heavy atom. The summed E-state index contributed by atoms with van der Waals surface area (Å²) in [6, 6.07) is -6.30. The molecule has 0 aliphatic heterocycles. The van der Waals surface area contributed by atoms with E-state index in [9.17, 15) is 57.1 Å². The second kappa shape index (κ2) is 5.92.